The Labute approximate surface area is 126 Å². The molecular formula is C18H36N2. The van der Waals surface area contributed by atoms with Gasteiger partial charge in [0.1, 0.15) is 0 Å². The van der Waals surface area contributed by atoms with Gasteiger partial charge in [-0.1, -0.05) is 65.2 Å². The van der Waals surface area contributed by atoms with Crippen LogP contribution >= 0.6 is 0 Å². The summed E-state index contributed by atoms with van der Waals surface area (Å²) in [7, 11) is 0. The molecule has 0 heterocycles. The van der Waals surface area contributed by atoms with E-state index in [-0.39, 0.29) is 0 Å². The summed E-state index contributed by atoms with van der Waals surface area (Å²) in [6.07, 6.45) is 15.5. The van der Waals surface area contributed by atoms with Gasteiger partial charge in [-0.15, -0.1) is 0 Å². The molecule has 3 unspecified atom stereocenters. The average molecular weight is 280 g/mol. The van der Waals surface area contributed by atoms with Gasteiger partial charge in [0, 0.05) is 6.04 Å². The summed E-state index contributed by atoms with van der Waals surface area (Å²) < 4.78 is 0. The van der Waals surface area contributed by atoms with Gasteiger partial charge in [0.2, 0.25) is 0 Å². The van der Waals surface area contributed by atoms with Crippen molar-refractivity contribution in [2.75, 3.05) is 0 Å². The van der Waals surface area contributed by atoms with E-state index in [1.54, 1.807) is 0 Å². The second-order valence-electron chi connectivity index (χ2n) is 7.38. The van der Waals surface area contributed by atoms with Gasteiger partial charge in [0.25, 0.3) is 0 Å². The molecule has 2 heteroatoms. The predicted molar refractivity (Wildman–Crippen MR) is 87.2 cm³/mol. The normalized spacial score (nSPS) is 36.8. The first-order chi connectivity index (χ1) is 9.80. The fourth-order valence-corrected chi connectivity index (χ4v) is 5.07. The second-order valence-corrected chi connectivity index (χ2v) is 7.38. The van der Waals surface area contributed by atoms with E-state index in [0.29, 0.717) is 6.04 Å². The second kappa shape index (κ2) is 8.38. The Bertz CT molecular complexity index is 258. The lowest BCUT2D eigenvalue weighted by atomic mass is 9.67. The van der Waals surface area contributed by atoms with Crippen molar-refractivity contribution in [1.29, 1.82) is 0 Å². The van der Waals surface area contributed by atoms with Crippen LogP contribution in [0.25, 0.3) is 0 Å². The molecule has 2 saturated carbocycles. The third-order valence-corrected chi connectivity index (χ3v) is 6.24. The molecule has 0 saturated heterocycles. The number of rotatable bonds is 6. The maximum Gasteiger partial charge on any atom is 0.0269 e. The van der Waals surface area contributed by atoms with Crippen LogP contribution in [0.15, 0.2) is 0 Å². The number of nitrogens with two attached hydrogens (primary N) is 1. The Morgan fingerprint density at radius 3 is 2.30 bits per heavy atom. The van der Waals surface area contributed by atoms with Crippen LogP contribution in [0, 0.1) is 23.7 Å². The molecule has 118 valence electrons. The highest BCUT2D eigenvalue weighted by Gasteiger charge is 2.36. The minimum Gasteiger partial charge on any atom is -0.271 e. The lowest BCUT2D eigenvalue weighted by Gasteiger charge is -2.42. The van der Waals surface area contributed by atoms with Crippen molar-refractivity contribution in [1.82, 2.24) is 5.43 Å². The van der Waals surface area contributed by atoms with Crippen molar-refractivity contribution in [2.45, 2.75) is 90.5 Å². The first kappa shape index (κ1) is 16.3. The minimum atomic E-state index is 0.586. The molecule has 2 aliphatic carbocycles. The fourth-order valence-electron chi connectivity index (χ4n) is 5.07. The lowest BCUT2D eigenvalue weighted by molar-refractivity contribution is 0.107. The minimum absolute atomic E-state index is 0.586. The lowest BCUT2D eigenvalue weighted by Crippen LogP contribution is -2.50. The van der Waals surface area contributed by atoms with Crippen molar-refractivity contribution in [3.05, 3.63) is 0 Å². The smallest absolute Gasteiger partial charge is 0.0269 e. The standard InChI is InChI=1S/C18H36N2/c1-3-7-14-10-12-16(13-11-14)18(20-19)17-9-6-5-8-15(17)4-2/h14-18,20H,3-13,19H2,1-2H3. The Morgan fingerprint density at radius 1 is 1.00 bits per heavy atom. The molecule has 0 bridgehead atoms. The Kier molecular flexibility index (Phi) is 6.83. The van der Waals surface area contributed by atoms with Gasteiger partial charge in [-0.05, 0) is 42.9 Å². The quantitative estimate of drug-likeness (QED) is 0.549. The summed E-state index contributed by atoms with van der Waals surface area (Å²) in [5, 5.41) is 0. The molecule has 2 nitrogen and oxygen atoms in total. The Balaban J connectivity index is 1.91. The predicted octanol–water partition coefficient (Wildman–Crippen LogP) is 4.64. The van der Waals surface area contributed by atoms with Crippen LogP contribution in [0.2, 0.25) is 0 Å². The summed E-state index contributed by atoms with van der Waals surface area (Å²) in [6, 6.07) is 0.586. The van der Waals surface area contributed by atoms with Gasteiger partial charge in [-0.2, -0.15) is 0 Å². The highest BCUT2D eigenvalue weighted by atomic mass is 15.2. The third kappa shape index (κ3) is 3.98. The maximum atomic E-state index is 5.99. The summed E-state index contributed by atoms with van der Waals surface area (Å²) in [6.45, 7) is 4.69. The van der Waals surface area contributed by atoms with E-state index in [2.05, 4.69) is 19.3 Å². The molecule has 0 spiro atoms. The summed E-state index contributed by atoms with van der Waals surface area (Å²) in [5.41, 5.74) is 3.25. The van der Waals surface area contributed by atoms with Crippen LogP contribution < -0.4 is 11.3 Å². The number of hydrogen-bond acceptors (Lipinski definition) is 2. The van der Waals surface area contributed by atoms with E-state index < -0.39 is 0 Å². The Morgan fingerprint density at radius 2 is 1.70 bits per heavy atom. The highest BCUT2D eigenvalue weighted by Crippen LogP contribution is 2.41. The van der Waals surface area contributed by atoms with Crippen molar-refractivity contribution in [3.8, 4) is 0 Å². The first-order valence-corrected chi connectivity index (χ1v) is 9.26. The number of nitrogens with one attached hydrogen (secondary N) is 1. The summed E-state index contributed by atoms with van der Waals surface area (Å²) >= 11 is 0. The molecule has 3 N–H and O–H groups in total. The molecule has 0 aromatic rings. The van der Waals surface area contributed by atoms with Crippen LogP contribution in [0.4, 0.5) is 0 Å². The van der Waals surface area contributed by atoms with E-state index in [4.69, 9.17) is 5.84 Å². The van der Waals surface area contributed by atoms with Crippen molar-refractivity contribution in [2.24, 2.45) is 29.5 Å². The monoisotopic (exact) mass is 280 g/mol. The summed E-state index contributed by atoms with van der Waals surface area (Å²) in [4.78, 5) is 0. The summed E-state index contributed by atoms with van der Waals surface area (Å²) in [5.74, 6) is 9.59. The van der Waals surface area contributed by atoms with Crippen LogP contribution in [0.3, 0.4) is 0 Å². The molecule has 20 heavy (non-hydrogen) atoms. The van der Waals surface area contributed by atoms with Crippen LogP contribution in [0.5, 0.6) is 0 Å². The molecule has 0 aromatic carbocycles. The number of hydrogen-bond donors (Lipinski definition) is 2. The van der Waals surface area contributed by atoms with Gasteiger partial charge in [-0.3, -0.25) is 11.3 Å². The van der Waals surface area contributed by atoms with Gasteiger partial charge in [0.15, 0.2) is 0 Å². The Hall–Kier alpha value is -0.0800. The van der Waals surface area contributed by atoms with Crippen LogP contribution in [-0.4, -0.2) is 6.04 Å². The molecule has 0 aliphatic heterocycles. The molecular weight excluding hydrogens is 244 g/mol. The molecule has 3 atom stereocenters. The van der Waals surface area contributed by atoms with Crippen LogP contribution in [-0.2, 0) is 0 Å². The van der Waals surface area contributed by atoms with Crippen molar-refractivity contribution >= 4 is 0 Å². The zero-order valence-electron chi connectivity index (χ0n) is 13.7. The van der Waals surface area contributed by atoms with Crippen LogP contribution in [0.1, 0.15) is 84.5 Å². The molecule has 0 radical (unpaired) electrons. The molecule has 0 amide bonds. The van der Waals surface area contributed by atoms with Crippen molar-refractivity contribution < 1.29 is 0 Å². The largest absolute Gasteiger partial charge is 0.271 e. The maximum absolute atomic E-state index is 5.99. The van der Waals surface area contributed by atoms with E-state index in [1.165, 1.54) is 70.6 Å². The molecule has 2 rings (SSSR count). The average Bonchev–Trinajstić information content (AvgIpc) is 2.50. The van der Waals surface area contributed by atoms with E-state index in [1.807, 2.05) is 0 Å². The number of hydrazine groups is 1. The first-order valence-electron chi connectivity index (χ1n) is 9.26. The topological polar surface area (TPSA) is 38.0 Å². The van der Waals surface area contributed by atoms with E-state index >= 15 is 0 Å². The zero-order valence-corrected chi connectivity index (χ0v) is 13.7. The van der Waals surface area contributed by atoms with E-state index in [9.17, 15) is 0 Å². The van der Waals surface area contributed by atoms with Crippen molar-refractivity contribution in [3.63, 3.8) is 0 Å². The zero-order chi connectivity index (χ0) is 14.4. The van der Waals surface area contributed by atoms with Gasteiger partial charge in [-0.25, -0.2) is 0 Å². The fraction of sp³-hybridized carbons (Fsp3) is 1.00. The van der Waals surface area contributed by atoms with Gasteiger partial charge < -0.3 is 0 Å². The van der Waals surface area contributed by atoms with Gasteiger partial charge >= 0.3 is 0 Å². The molecule has 2 fully saturated rings. The highest BCUT2D eigenvalue weighted by molar-refractivity contribution is 4.90. The molecule has 0 aromatic heterocycles. The SMILES string of the molecule is CCCC1CCC(C(NN)C2CCCCC2CC)CC1. The van der Waals surface area contributed by atoms with Gasteiger partial charge in [0.05, 0.1) is 0 Å². The third-order valence-electron chi connectivity index (χ3n) is 6.24. The van der Waals surface area contributed by atoms with E-state index in [0.717, 1.165) is 23.7 Å². The molecule has 2 aliphatic rings.